The van der Waals surface area contributed by atoms with Crippen molar-refractivity contribution in [2.24, 2.45) is 0 Å². The maximum absolute atomic E-state index is 4.91. The van der Waals surface area contributed by atoms with Crippen LogP contribution in [0.5, 0.6) is 0 Å². The van der Waals surface area contributed by atoms with Crippen LogP contribution in [0, 0.1) is 13.8 Å². The molecular weight excluding hydrogens is 426 g/mol. The van der Waals surface area contributed by atoms with Gasteiger partial charge in [0, 0.05) is 39.7 Å². The Kier molecular flexibility index (Phi) is 6.66. The Balaban J connectivity index is 0.00000126. The van der Waals surface area contributed by atoms with Crippen LogP contribution in [0.2, 0.25) is 0 Å². The number of aromatic amines is 2. The summed E-state index contributed by atoms with van der Waals surface area (Å²) in [5, 5.41) is 9.76. The van der Waals surface area contributed by atoms with Gasteiger partial charge in [-0.25, -0.2) is 4.98 Å². The number of nitrogens with one attached hydrogen (secondary N) is 2. The van der Waals surface area contributed by atoms with Gasteiger partial charge in [-0.1, -0.05) is 38.6 Å². The molecule has 0 aliphatic heterocycles. The number of allylic oxidation sites excluding steroid dienone is 2. The third-order valence-corrected chi connectivity index (χ3v) is 6.11. The highest BCUT2D eigenvalue weighted by Gasteiger charge is 2.17. The summed E-state index contributed by atoms with van der Waals surface area (Å²) in [7, 11) is 0. The summed E-state index contributed by atoms with van der Waals surface area (Å²) in [5.41, 5.74) is 9.78. The molecule has 0 fully saturated rings. The Morgan fingerprint density at radius 1 is 1.09 bits per heavy atom. The first-order chi connectivity index (χ1) is 16.1. The van der Waals surface area contributed by atoms with E-state index in [9.17, 15) is 0 Å². The minimum Gasteiger partial charge on any atom is -0.357 e. The molecule has 6 heteroatoms. The zero-order valence-corrected chi connectivity index (χ0v) is 20.1. The SMILES string of the molecule is C=C/C=C(/c1cccs1)c1cc(-c2n[nH]c3ccc(-c4cncc(C)c4)nc23)[nH]c1C.CC. The summed E-state index contributed by atoms with van der Waals surface area (Å²) in [6.45, 7) is 12.0. The molecule has 0 bridgehead atoms. The average molecular weight is 454 g/mol. The van der Waals surface area contributed by atoms with Gasteiger partial charge in [0.25, 0.3) is 0 Å². The van der Waals surface area contributed by atoms with Gasteiger partial charge in [0.15, 0.2) is 0 Å². The van der Waals surface area contributed by atoms with Crippen LogP contribution in [-0.4, -0.2) is 25.1 Å². The van der Waals surface area contributed by atoms with Crippen molar-refractivity contribution in [1.29, 1.82) is 0 Å². The topological polar surface area (TPSA) is 70.2 Å². The molecule has 5 rings (SSSR count). The van der Waals surface area contributed by atoms with Gasteiger partial charge in [0.1, 0.15) is 11.2 Å². The minimum atomic E-state index is 0.802. The van der Waals surface area contributed by atoms with E-state index in [4.69, 9.17) is 4.98 Å². The molecule has 166 valence electrons. The second-order valence-electron chi connectivity index (χ2n) is 7.43. The van der Waals surface area contributed by atoms with Crippen LogP contribution in [-0.2, 0) is 0 Å². The first-order valence-corrected chi connectivity index (χ1v) is 11.9. The molecule has 0 amide bonds. The molecule has 5 heterocycles. The van der Waals surface area contributed by atoms with E-state index in [-0.39, 0.29) is 0 Å². The number of thiophene rings is 1. The van der Waals surface area contributed by atoms with E-state index in [1.807, 2.05) is 51.4 Å². The van der Waals surface area contributed by atoms with Gasteiger partial charge in [0.05, 0.1) is 16.9 Å². The van der Waals surface area contributed by atoms with Gasteiger partial charge >= 0.3 is 0 Å². The third kappa shape index (κ3) is 4.43. The Morgan fingerprint density at radius 2 is 1.94 bits per heavy atom. The number of H-pyrrole nitrogens is 2. The van der Waals surface area contributed by atoms with Gasteiger partial charge in [-0.2, -0.15) is 5.10 Å². The summed E-state index contributed by atoms with van der Waals surface area (Å²) < 4.78 is 0. The van der Waals surface area contributed by atoms with Crippen LogP contribution >= 0.6 is 11.3 Å². The number of rotatable bonds is 5. The van der Waals surface area contributed by atoms with Crippen molar-refractivity contribution < 1.29 is 0 Å². The maximum atomic E-state index is 4.91. The predicted octanol–water partition coefficient (Wildman–Crippen LogP) is 7.34. The highest BCUT2D eigenvalue weighted by molar-refractivity contribution is 7.11. The molecule has 0 saturated heterocycles. The molecule has 5 aromatic rings. The molecule has 0 radical (unpaired) electrons. The van der Waals surface area contributed by atoms with Crippen molar-refractivity contribution in [2.75, 3.05) is 0 Å². The number of aromatic nitrogens is 5. The summed E-state index contributed by atoms with van der Waals surface area (Å²) in [5.74, 6) is 0. The lowest BCUT2D eigenvalue weighted by Crippen LogP contribution is -1.88. The van der Waals surface area contributed by atoms with E-state index >= 15 is 0 Å². The molecule has 0 saturated carbocycles. The number of hydrogen-bond acceptors (Lipinski definition) is 4. The molecule has 33 heavy (non-hydrogen) atoms. The van der Waals surface area contributed by atoms with Crippen molar-refractivity contribution in [3.05, 3.63) is 94.6 Å². The first kappa shape index (κ1) is 22.4. The van der Waals surface area contributed by atoms with Crippen LogP contribution in [0.1, 0.15) is 35.5 Å². The number of nitrogens with zero attached hydrogens (tertiary/aromatic N) is 3. The fourth-order valence-corrected chi connectivity index (χ4v) is 4.53. The largest absolute Gasteiger partial charge is 0.357 e. The van der Waals surface area contributed by atoms with E-state index in [0.29, 0.717) is 0 Å². The molecule has 2 N–H and O–H groups in total. The average Bonchev–Trinajstić information content (AvgIpc) is 3.58. The Labute approximate surface area is 198 Å². The van der Waals surface area contributed by atoms with Crippen molar-refractivity contribution in [3.8, 4) is 22.6 Å². The van der Waals surface area contributed by atoms with E-state index in [0.717, 1.165) is 56.1 Å². The predicted molar refractivity (Wildman–Crippen MR) is 139 cm³/mol. The van der Waals surface area contributed by atoms with Crippen LogP contribution in [0.4, 0.5) is 0 Å². The normalized spacial score (nSPS) is 11.3. The molecule has 0 aromatic carbocycles. The van der Waals surface area contributed by atoms with Gasteiger partial charge < -0.3 is 4.98 Å². The van der Waals surface area contributed by atoms with Crippen LogP contribution in [0.25, 0.3) is 39.3 Å². The number of fused-ring (bicyclic) bond motifs is 1. The molecular formula is C27H27N5S. The quantitative estimate of drug-likeness (QED) is 0.274. The lowest BCUT2D eigenvalue weighted by Gasteiger charge is -2.03. The summed E-state index contributed by atoms with van der Waals surface area (Å²) in [6, 6.07) is 12.4. The number of hydrogen-bond donors (Lipinski definition) is 2. The van der Waals surface area contributed by atoms with Crippen molar-refractivity contribution in [1.82, 2.24) is 25.1 Å². The molecule has 0 atom stereocenters. The zero-order valence-electron chi connectivity index (χ0n) is 19.3. The molecule has 0 aliphatic rings. The molecule has 5 nitrogen and oxygen atoms in total. The summed E-state index contributed by atoms with van der Waals surface area (Å²) in [6.07, 6.45) is 7.56. The summed E-state index contributed by atoms with van der Waals surface area (Å²) in [4.78, 5) is 13.9. The Morgan fingerprint density at radius 3 is 2.67 bits per heavy atom. The lowest BCUT2D eigenvalue weighted by molar-refractivity contribution is 1.11. The minimum absolute atomic E-state index is 0.802. The van der Waals surface area contributed by atoms with Gasteiger partial charge in [-0.15, -0.1) is 11.3 Å². The summed E-state index contributed by atoms with van der Waals surface area (Å²) >= 11 is 1.71. The molecule has 5 aromatic heterocycles. The van der Waals surface area contributed by atoms with Crippen LogP contribution < -0.4 is 0 Å². The maximum Gasteiger partial charge on any atom is 0.135 e. The van der Waals surface area contributed by atoms with Crippen LogP contribution in [0.15, 0.2) is 72.9 Å². The second kappa shape index (κ2) is 9.79. The molecule has 0 unspecified atom stereocenters. The zero-order chi connectivity index (χ0) is 23.4. The van der Waals surface area contributed by atoms with E-state index in [1.165, 1.54) is 4.88 Å². The highest BCUT2D eigenvalue weighted by atomic mass is 32.1. The Bertz CT molecular complexity index is 1420. The van der Waals surface area contributed by atoms with E-state index in [2.05, 4.69) is 69.4 Å². The monoisotopic (exact) mass is 453 g/mol. The van der Waals surface area contributed by atoms with Gasteiger partial charge in [-0.3, -0.25) is 10.1 Å². The van der Waals surface area contributed by atoms with Crippen molar-refractivity contribution in [2.45, 2.75) is 27.7 Å². The standard InChI is InChI=1S/C25H21N5S.C2H6/c1-4-6-18(23-7-5-10-31-23)19-12-22(27-16(19)3)25-24-21(29-30-25)9-8-20(28-24)17-11-15(2)13-26-14-17;1-2/h4-14,27H,1H2,2-3H3,(H,29,30);1-2H3/b18-6+;. The number of pyridine rings is 2. The van der Waals surface area contributed by atoms with E-state index < -0.39 is 0 Å². The first-order valence-electron chi connectivity index (χ1n) is 11.0. The second-order valence-corrected chi connectivity index (χ2v) is 8.38. The van der Waals surface area contributed by atoms with Gasteiger partial charge in [-0.05, 0) is 55.1 Å². The molecule has 0 aliphatic carbocycles. The highest BCUT2D eigenvalue weighted by Crippen LogP contribution is 2.34. The lowest BCUT2D eigenvalue weighted by atomic mass is 10.0. The number of aryl methyl sites for hydroxylation is 2. The van der Waals surface area contributed by atoms with Crippen LogP contribution in [0.3, 0.4) is 0 Å². The third-order valence-electron chi connectivity index (χ3n) is 5.21. The van der Waals surface area contributed by atoms with Crippen molar-refractivity contribution >= 4 is 27.9 Å². The fourth-order valence-electron chi connectivity index (χ4n) is 3.76. The van der Waals surface area contributed by atoms with Crippen molar-refractivity contribution in [3.63, 3.8) is 0 Å². The molecule has 0 spiro atoms. The smallest absolute Gasteiger partial charge is 0.135 e. The Hall–Kier alpha value is -3.77. The van der Waals surface area contributed by atoms with E-state index in [1.54, 1.807) is 11.3 Å². The fraction of sp³-hybridized carbons (Fsp3) is 0.148. The van der Waals surface area contributed by atoms with Gasteiger partial charge in [0.2, 0.25) is 0 Å².